The summed E-state index contributed by atoms with van der Waals surface area (Å²) < 4.78 is 11.3. The molecule has 0 bridgehead atoms. The number of hydrogen-bond donors (Lipinski definition) is 0. The number of allylic oxidation sites excluding steroid dienone is 4. The van der Waals surface area contributed by atoms with Crippen molar-refractivity contribution in [3.05, 3.63) is 23.5 Å². The highest BCUT2D eigenvalue weighted by molar-refractivity contribution is 5.66. The van der Waals surface area contributed by atoms with E-state index in [-0.39, 0.29) is 17.5 Å². The van der Waals surface area contributed by atoms with Crippen LogP contribution in [0, 0.1) is 28.6 Å². The van der Waals surface area contributed by atoms with Crippen LogP contribution in [0.2, 0.25) is 0 Å². The van der Waals surface area contributed by atoms with Gasteiger partial charge in [0.15, 0.2) is 0 Å². The Balaban J connectivity index is 1.63. The fourth-order valence-corrected chi connectivity index (χ4v) is 6.81. The first-order valence-corrected chi connectivity index (χ1v) is 10.0. The van der Waals surface area contributed by atoms with Gasteiger partial charge in [-0.25, -0.2) is 0 Å². The van der Waals surface area contributed by atoms with E-state index in [1.54, 1.807) is 14.0 Å². The molecule has 0 saturated heterocycles. The van der Waals surface area contributed by atoms with Gasteiger partial charge in [0, 0.05) is 18.8 Å². The van der Waals surface area contributed by atoms with Gasteiger partial charge in [-0.05, 0) is 73.3 Å². The highest BCUT2D eigenvalue weighted by Crippen LogP contribution is 2.64. The molecule has 0 aromatic carbocycles. The van der Waals surface area contributed by atoms with Crippen molar-refractivity contribution in [2.24, 2.45) is 28.6 Å². The highest BCUT2D eigenvalue weighted by atomic mass is 16.5. The fraction of sp³-hybridized carbons (Fsp3) is 0.773. The number of methoxy groups -OCH3 is 1. The lowest BCUT2D eigenvalue weighted by Gasteiger charge is -2.56. The predicted molar refractivity (Wildman–Crippen MR) is 97.7 cm³/mol. The molecular weight excluding hydrogens is 312 g/mol. The van der Waals surface area contributed by atoms with E-state index in [9.17, 15) is 4.79 Å². The van der Waals surface area contributed by atoms with Crippen LogP contribution < -0.4 is 0 Å². The minimum Gasteiger partial charge on any atom is -0.501 e. The van der Waals surface area contributed by atoms with Gasteiger partial charge < -0.3 is 9.47 Å². The number of carbonyl (C=O) groups is 1. The zero-order valence-electron chi connectivity index (χ0n) is 16.1. The lowest BCUT2D eigenvalue weighted by molar-refractivity contribution is -0.156. The molecule has 0 N–H and O–H groups in total. The molecule has 0 heterocycles. The molecule has 138 valence electrons. The maximum absolute atomic E-state index is 11.5. The van der Waals surface area contributed by atoms with E-state index in [0.29, 0.717) is 11.3 Å². The zero-order chi connectivity index (χ0) is 17.8. The minimum absolute atomic E-state index is 0.115. The molecule has 3 nitrogen and oxygen atoms in total. The Kier molecular flexibility index (Phi) is 4.05. The summed E-state index contributed by atoms with van der Waals surface area (Å²) in [5.74, 6) is 3.22. The van der Waals surface area contributed by atoms with E-state index >= 15 is 0 Å². The lowest BCUT2D eigenvalue weighted by atomic mass is 9.48. The van der Waals surface area contributed by atoms with Crippen LogP contribution in [0.4, 0.5) is 0 Å². The van der Waals surface area contributed by atoms with Gasteiger partial charge in [-0.1, -0.05) is 19.9 Å². The van der Waals surface area contributed by atoms with Crippen molar-refractivity contribution in [1.29, 1.82) is 0 Å². The first-order valence-electron chi connectivity index (χ1n) is 10.0. The number of ether oxygens (including phenoxy) is 2. The van der Waals surface area contributed by atoms with Gasteiger partial charge in [0.05, 0.1) is 12.9 Å². The van der Waals surface area contributed by atoms with Crippen molar-refractivity contribution in [2.75, 3.05) is 7.11 Å². The van der Waals surface area contributed by atoms with Gasteiger partial charge in [-0.15, -0.1) is 0 Å². The van der Waals surface area contributed by atoms with Crippen LogP contribution in [0.15, 0.2) is 23.5 Å². The summed E-state index contributed by atoms with van der Waals surface area (Å²) in [6.07, 6.45) is 13.1. The smallest absolute Gasteiger partial charge is 0.302 e. The molecule has 4 aliphatic rings. The standard InChI is InChI=1S/C22H32O3/c1-14(23)25-20-8-7-18-17-6-5-15-13-16(24-4)9-11-21(15,2)19(17)10-12-22(18,20)3/h5,13,17-20H,6-12H2,1-4H3/t17?,18?,19?,20-,21-,22-/m0/s1. The van der Waals surface area contributed by atoms with Crippen molar-refractivity contribution in [1.82, 2.24) is 0 Å². The Labute approximate surface area is 151 Å². The molecule has 0 radical (unpaired) electrons. The molecule has 0 amide bonds. The lowest BCUT2D eigenvalue weighted by Crippen LogP contribution is -2.50. The summed E-state index contributed by atoms with van der Waals surface area (Å²) in [5, 5.41) is 0. The fourth-order valence-electron chi connectivity index (χ4n) is 6.81. The summed E-state index contributed by atoms with van der Waals surface area (Å²) in [7, 11) is 1.79. The van der Waals surface area contributed by atoms with Crippen molar-refractivity contribution in [3.8, 4) is 0 Å². The first kappa shape index (κ1) is 17.2. The summed E-state index contributed by atoms with van der Waals surface area (Å²) in [4.78, 5) is 11.5. The molecule has 2 saturated carbocycles. The number of hydrogen-bond acceptors (Lipinski definition) is 3. The van der Waals surface area contributed by atoms with E-state index in [1.807, 2.05) is 0 Å². The molecule has 6 atom stereocenters. The number of fused-ring (bicyclic) bond motifs is 5. The van der Waals surface area contributed by atoms with E-state index in [0.717, 1.165) is 30.4 Å². The molecule has 0 aromatic heterocycles. The maximum atomic E-state index is 11.5. The Morgan fingerprint density at radius 2 is 1.96 bits per heavy atom. The average molecular weight is 344 g/mol. The average Bonchev–Trinajstić information content (AvgIpc) is 2.90. The largest absolute Gasteiger partial charge is 0.501 e. The number of rotatable bonds is 2. The molecule has 0 aliphatic heterocycles. The Morgan fingerprint density at radius 3 is 2.68 bits per heavy atom. The van der Waals surface area contributed by atoms with Gasteiger partial charge in [0.2, 0.25) is 0 Å². The zero-order valence-corrected chi connectivity index (χ0v) is 16.1. The number of esters is 1. The minimum atomic E-state index is -0.115. The van der Waals surface area contributed by atoms with E-state index in [2.05, 4.69) is 26.0 Å². The third-order valence-electron chi connectivity index (χ3n) is 8.22. The van der Waals surface area contributed by atoms with Crippen LogP contribution in [-0.2, 0) is 14.3 Å². The second kappa shape index (κ2) is 5.89. The molecular formula is C22H32O3. The molecule has 25 heavy (non-hydrogen) atoms. The van der Waals surface area contributed by atoms with Crippen LogP contribution in [0.25, 0.3) is 0 Å². The van der Waals surface area contributed by atoms with E-state index < -0.39 is 0 Å². The van der Waals surface area contributed by atoms with E-state index in [1.165, 1.54) is 37.7 Å². The molecule has 3 heteroatoms. The molecule has 4 aliphatic carbocycles. The van der Waals surface area contributed by atoms with Gasteiger partial charge in [0.25, 0.3) is 0 Å². The van der Waals surface area contributed by atoms with Crippen LogP contribution >= 0.6 is 0 Å². The van der Waals surface area contributed by atoms with Crippen LogP contribution in [0.1, 0.15) is 65.7 Å². The first-order chi connectivity index (χ1) is 11.9. The second-order valence-electron chi connectivity index (χ2n) is 9.22. The van der Waals surface area contributed by atoms with Crippen molar-refractivity contribution >= 4 is 5.97 Å². The second-order valence-corrected chi connectivity index (χ2v) is 9.22. The SMILES string of the molecule is COC1=CC2=CCC3C(CC[C@@]4(C)C3CC[C@@H]4OC(C)=O)[C@@]2(C)CC1. The molecule has 4 rings (SSSR count). The third kappa shape index (κ3) is 2.49. The monoisotopic (exact) mass is 344 g/mol. The van der Waals surface area contributed by atoms with Crippen LogP contribution in [-0.4, -0.2) is 19.2 Å². The topological polar surface area (TPSA) is 35.5 Å². The van der Waals surface area contributed by atoms with Crippen molar-refractivity contribution in [2.45, 2.75) is 71.8 Å². The molecule has 3 unspecified atom stereocenters. The van der Waals surface area contributed by atoms with Gasteiger partial charge in [-0.2, -0.15) is 0 Å². The third-order valence-corrected chi connectivity index (χ3v) is 8.22. The van der Waals surface area contributed by atoms with Gasteiger partial charge in [0.1, 0.15) is 6.10 Å². The maximum Gasteiger partial charge on any atom is 0.302 e. The number of carbonyl (C=O) groups excluding carboxylic acids is 1. The highest BCUT2D eigenvalue weighted by Gasteiger charge is 2.59. The van der Waals surface area contributed by atoms with Gasteiger partial charge in [-0.3, -0.25) is 4.79 Å². The quantitative estimate of drug-likeness (QED) is 0.660. The predicted octanol–water partition coefficient (Wildman–Crippen LogP) is 5.02. The summed E-state index contributed by atoms with van der Waals surface area (Å²) in [5.41, 5.74) is 1.98. The Hall–Kier alpha value is -1.25. The molecule has 0 aromatic rings. The van der Waals surface area contributed by atoms with E-state index in [4.69, 9.17) is 9.47 Å². The van der Waals surface area contributed by atoms with Crippen LogP contribution in [0.5, 0.6) is 0 Å². The van der Waals surface area contributed by atoms with Crippen LogP contribution in [0.3, 0.4) is 0 Å². The van der Waals surface area contributed by atoms with Crippen molar-refractivity contribution in [3.63, 3.8) is 0 Å². The normalized spacial score (nSPS) is 45.4. The van der Waals surface area contributed by atoms with Crippen molar-refractivity contribution < 1.29 is 14.3 Å². The Bertz CT molecular complexity index is 633. The summed E-state index contributed by atoms with van der Waals surface area (Å²) in [6.45, 7) is 6.43. The summed E-state index contributed by atoms with van der Waals surface area (Å²) >= 11 is 0. The molecule has 2 fully saturated rings. The summed E-state index contributed by atoms with van der Waals surface area (Å²) in [6, 6.07) is 0. The molecule has 0 spiro atoms. The van der Waals surface area contributed by atoms with Gasteiger partial charge >= 0.3 is 5.97 Å². The Morgan fingerprint density at radius 1 is 1.16 bits per heavy atom.